The van der Waals surface area contributed by atoms with E-state index in [0.717, 1.165) is 16.6 Å². The number of fused-ring (bicyclic) bond motifs is 1. The number of benzene rings is 2. The first-order valence-electron chi connectivity index (χ1n) is 7.21. The molecule has 1 aromatic heterocycles. The van der Waals surface area contributed by atoms with Crippen LogP contribution in [0.15, 0.2) is 48.7 Å². The first kappa shape index (κ1) is 13.6. The second-order valence-corrected chi connectivity index (χ2v) is 5.70. The van der Waals surface area contributed by atoms with Gasteiger partial charge in [-0.25, -0.2) is 0 Å². The maximum Gasteiger partial charge on any atom is 0.182 e. The zero-order valence-corrected chi connectivity index (χ0v) is 12.7. The SMILES string of the molecule is Cc1ccc(C(=O)Cn2cc(C)c3ccccc32)c(C)c1. The molecule has 0 radical (unpaired) electrons. The Hall–Kier alpha value is -2.35. The third kappa shape index (κ3) is 2.49. The molecule has 0 atom stereocenters. The van der Waals surface area contributed by atoms with Crippen LogP contribution in [-0.2, 0) is 6.54 Å². The number of aryl methyl sites for hydroxylation is 3. The Kier molecular flexibility index (Phi) is 3.38. The predicted octanol–water partition coefficient (Wildman–Crippen LogP) is 4.45. The summed E-state index contributed by atoms with van der Waals surface area (Å²) in [5.74, 6) is 0.160. The second kappa shape index (κ2) is 5.21. The van der Waals surface area contributed by atoms with Crippen LogP contribution in [0.4, 0.5) is 0 Å². The van der Waals surface area contributed by atoms with E-state index >= 15 is 0 Å². The fourth-order valence-electron chi connectivity index (χ4n) is 2.93. The number of hydrogen-bond donors (Lipinski definition) is 0. The number of nitrogens with zero attached hydrogens (tertiary/aromatic N) is 1. The average Bonchev–Trinajstić information content (AvgIpc) is 2.76. The van der Waals surface area contributed by atoms with Crippen LogP contribution in [0.25, 0.3) is 10.9 Å². The van der Waals surface area contributed by atoms with Crippen LogP contribution in [0, 0.1) is 20.8 Å². The highest BCUT2D eigenvalue weighted by Crippen LogP contribution is 2.21. The third-order valence-corrected chi connectivity index (χ3v) is 3.98. The highest BCUT2D eigenvalue weighted by Gasteiger charge is 2.12. The van der Waals surface area contributed by atoms with E-state index in [1.807, 2.05) is 42.7 Å². The molecule has 0 aliphatic heterocycles. The molecular weight excluding hydrogens is 258 g/mol. The topological polar surface area (TPSA) is 22.0 Å². The van der Waals surface area contributed by atoms with Crippen molar-refractivity contribution in [1.82, 2.24) is 4.57 Å². The van der Waals surface area contributed by atoms with Gasteiger partial charge in [-0.05, 0) is 38.0 Å². The summed E-state index contributed by atoms with van der Waals surface area (Å²) in [6.45, 7) is 6.52. The molecule has 2 nitrogen and oxygen atoms in total. The lowest BCUT2D eigenvalue weighted by atomic mass is 10.0. The van der Waals surface area contributed by atoms with Gasteiger partial charge in [0.1, 0.15) is 0 Å². The third-order valence-electron chi connectivity index (χ3n) is 3.98. The zero-order valence-electron chi connectivity index (χ0n) is 12.7. The zero-order chi connectivity index (χ0) is 15.0. The Labute approximate surface area is 125 Å². The minimum atomic E-state index is 0.160. The van der Waals surface area contributed by atoms with Gasteiger partial charge < -0.3 is 4.57 Å². The van der Waals surface area contributed by atoms with Crippen molar-refractivity contribution in [2.24, 2.45) is 0 Å². The van der Waals surface area contributed by atoms with Crippen molar-refractivity contribution in [1.29, 1.82) is 0 Å². The number of carbonyl (C=O) groups excluding carboxylic acids is 1. The molecule has 0 aliphatic rings. The summed E-state index contributed by atoms with van der Waals surface area (Å²) in [7, 11) is 0. The van der Waals surface area contributed by atoms with Crippen molar-refractivity contribution in [3.63, 3.8) is 0 Å². The number of para-hydroxylation sites is 1. The molecule has 1 heterocycles. The van der Waals surface area contributed by atoms with Gasteiger partial charge in [0.15, 0.2) is 5.78 Å². The first-order valence-corrected chi connectivity index (χ1v) is 7.21. The highest BCUT2D eigenvalue weighted by atomic mass is 16.1. The van der Waals surface area contributed by atoms with Crippen LogP contribution in [0.1, 0.15) is 27.0 Å². The van der Waals surface area contributed by atoms with Gasteiger partial charge in [0.2, 0.25) is 0 Å². The summed E-state index contributed by atoms with van der Waals surface area (Å²) < 4.78 is 2.05. The smallest absolute Gasteiger partial charge is 0.182 e. The number of hydrogen-bond acceptors (Lipinski definition) is 1. The summed E-state index contributed by atoms with van der Waals surface area (Å²) in [4.78, 5) is 12.6. The van der Waals surface area contributed by atoms with Crippen molar-refractivity contribution >= 4 is 16.7 Å². The van der Waals surface area contributed by atoms with Crippen molar-refractivity contribution < 1.29 is 4.79 Å². The molecule has 0 unspecified atom stereocenters. The monoisotopic (exact) mass is 277 g/mol. The Morgan fingerprint density at radius 1 is 1.00 bits per heavy atom. The molecule has 0 spiro atoms. The minimum absolute atomic E-state index is 0.160. The molecule has 106 valence electrons. The average molecular weight is 277 g/mol. The van der Waals surface area contributed by atoms with E-state index in [9.17, 15) is 4.79 Å². The van der Waals surface area contributed by atoms with Crippen molar-refractivity contribution in [3.8, 4) is 0 Å². The fraction of sp³-hybridized carbons (Fsp3) is 0.211. The van der Waals surface area contributed by atoms with E-state index < -0.39 is 0 Å². The van der Waals surface area contributed by atoms with E-state index in [1.54, 1.807) is 0 Å². The van der Waals surface area contributed by atoms with Gasteiger partial charge in [-0.15, -0.1) is 0 Å². The summed E-state index contributed by atoms with van der Waals surface area (Å²) in [6, 6.07) is 14.2. The van der Waals surface area contributed by atoms with E-state index in [4.69, 9.17) is 0 Å². The highest BCUT2D eigenvalue weighted by molar-refractivity contribution is 5.98. The number of Topliss-reactive ketones (excluding diaryl/α,β-unsaturated/α-hetero) is 1. The lowest BCUT2D eigenvalue weighted by Crippen LogP contribution is -2.11. The Bertz CT molecular complexity index is 827. The van der Waals surface area contributed by atoms with Crippen LogP contribution in [0.2, 0.25) is 0 Å². The normalized spacial score (nSPS) is 11.0. The number of ketones is 1. The molecule has 2 heteroatoms. The number of aromatic nitrogens is 1. The van der Waals surface area contributed by atoms with Gasteiger partial charge in [0.05, 0.1) is 6.54 Å². The Morgan fingerprint density at radius 2 is 1.76 bits per heavy atom. The van der Waals surface area contributed by atoms with E-state index in [0.29, 0.717) is 6.54 Å². The molecule has 2 aromatic carbocycles. The maximum absolute atomic E-state index is 12.6. The lowest BCUT2D eigenvalue weighted by Gasteiger charge is -2.08. The molecule has 3 aromatic rings. The molecule has 0 saturated carbocycles. The van der Waals surface area contributed by atoms with E-state index in [2.05, 4.69) is 31.3 Å². The quantitative estimate of drug-likeness (QED) is 0.648. The number of rotatable bonds is 3. The molecular formula is C19H19NO. The van der Waals surface area contributed by atoms with E-state index in [1.165, 1.54) is 16.5 Å². The second-order valence-electron chi connectivity index (χ2n) is 5.70. The van der Waals surface area contributed by atoms with Gasteiger partial charge in [-0.3, -0.25) is 4.79 Å². The Balaban J connectivity index is 1.97. The molecule has 0 N–H and O–H groups in total. The minimum Gasteiger partial charge on any atom is -0.339 e. The van der Waals surface area contributed by atoms with Crippen LogP contribution in [-0.4, -0.2) is 10.4 Å². The van der Waals surface area contributed by atoms with E-state index in [-0.39, 0.29) is 5.78 Å². The molecule has 0 bridgehead atoms. The molecule has 21 heavy (non-hydrogen) atoms. The van der Waals surface area contributed by atoms with Crippen molar-refractivity contribution in [2.75, 3.05) is 0 Å². The van der Waals surface area contributed by atoms with Gasteiger partial charge >= 0.3 is 0 Å². The van der Waals surface area contributed by atoms with Crippen LogP contribution in [0.3, 0.4) is 0 Å². The van der Waals surface area contributed by atoms with Crippen molar-refractivity contribution in [3.05, 3.63) is 70.9 Å². The lowest BCUT2D eigenvalue weighted by molar-refractivity contribution is 0.0973. The summed E-state index contributed by atoms with van der Waals surface area (Å²) >= 11 is 0. The maximum atomic E-state index is 12.6. The summed E-state index contributed by atoms with van der Waals surface area (Å²) in [6.07, 6.45) is 2.06. The Morgan fingerprint density at radius 3 is 2.52 bits per heavy atom. The van der Waals surface area contributed by atoms with Gasteiger partial charge in [-0.2, -0.15) is 0 Å². The first-order chi connectivity index (χ1) is 10.1. The standard InChI is InChI=1S/C19H19NO/c1-13-8-9-17(14(2)10-13)19(21)12-20-11-15(3)16-6-4-5-7-18(16)20/h4-11H,12H2,1-3H3. The van der Waals surface area contributed by atoms with Gasteiger partial charge in [0.25, 0.3) is 0 Å². The van der Waals surface area contributed by atoms with Crippen LogP contribution >= 0.6 is 0 Å². The summed E-state index contributed by atoms with van der Waals surface area (Å²) in [5.41, 5.74) is 5.38. The number of carbonyl (C=O) groups is 1. The molecule has 0 aliphatic carbocycles. The molecule has 0 fully saturated rings. The molecule has 0 saturated heterocycles. The largest absolute Gasteiger partial charge is 0.339 e. The predicted molar refractivity (Wildman–Crippen MR) is 86.9 cm³/mol. The fourth-order valence-corrected chi connectivity index (χ4v) is 2.93. The van der Waals surface area contributed by atoms with Gasteiger partial charge in [0, 0.05) is 22.7 Å². The molecule has 3 rings (SSSR count). The van der Waals surface area contributed by atoms with Crippen molar-refractivity contribution in [2.45, 2.75) is 27.3 Å². The summed E-state index contributed by atoms with van der Waals surface area (Å²) in [5, 5.41) is 1.21. The van der Waals surface area contributed by atoms with Crippen LogP contribution < -0.4 is 0 Å². The molecule has 0 amide bonds. The van der Waals surface area contributed by atoms with Gasteiger partial charge in [-0.1, -0.05) is 42.0 Å². The van der Waals surface area contributed by atoms with Crippen LogP contribution in [0.5, 0.6) is 0 Å².